The molecule has 1 aromatic carbocycles. The van der Waals surface area contributed by atoms with E-state index in [-0.39, 0.29) is 17.9 Å². The summed E-state index contributed by atoms with van der Waals surface area (Å²) in [4.78, 5) is 28.8. The molecule has 0 unspecified atom stereocenters. The van der Waals surface area contributed by atoms with Crippen molar-refractivity contribution in [2.75, 3.05) is 31.5 Å². The van der Waals surface area contributed by atoms with Crippen LogP contribution in [0.4, 0.5) is 5.69 Å². The highest BCUT2D eigenvalue weighted by atomic mass is 16.2. The monoisotopic (exact) mass is 368 g/mol. The highest BCUT2D eigenvalue weighted by Crippen LogP contribution is 2.25. The number of anilines is 1. The van der Waals surface area contributed by atoms with Crippen molar-refractivity contribution in [2.45, 2.75) is 33.4 Å². The lowest BCUT2D eigenvalue weighted by atomic mass is 10.1. The summed E-state index contributed by atoms with van der Waals surface area (Å²) < 4.78 is 2.24. The molecule has 1 aliphatic rings. The Morgan fingerprint density at radius 3 is 2.48 bits per heavy atom. The van der Waals surface area contributed by atoms with Gasteiger partial charge in [0.1, 0.15) is 0 Å². The van der Waals surface area contributed by atoms with E-state index in [9.17, 15) is 9.59 Å². The first-order chi connectivity index (χ1) is 13.0. The predicted octanol–water partition coefficient (Wildman–Crippen LogP) is 2.99. The SMILES string of the molecule is CCN(CC)C(=O)c1ccc(NC(=O)CN2CCn3cccc3[C@@H]2C)cc1. The lowest BCUT2D eigenvalue weighted by Crippen LogP contribution is -2.41. The van der Waals surface area contributed by atoms with E-state index < -0.39 is 0 Å². The van der Waals surface area contributed by atoms with Crippen molar-refractivity contribution in [3.63, 3.8) is 0 Å². The van der Waals surface area contributed by atoms with E-state index in [0.717, 1.165) is 13.1 Å². The summed E-state index contributed by atoms with van der Waals surface area (Å²) in [5, 5.41) is 2.94. The van der Waals surface area contributed by atoms with Crippen LogP contribution in [0.15, 0.2) is 42.6 Å². The fourth-order valence-corrected chi connectivity index (χ4v) is 3.62. The molecule has 0 bridgehead atoms. The Kier molecular flexibility index (Phi) is 5.96. The van der Waals surface area contributed by atoms with Gasteiger partial charge in [-0.25, -0.2) is 0 Å². The Balaban J connectivity index is 1.58. The molecule has 0 spiro atoms. The molecule has 1 aliphatic heterocycles. The minimum absolute atomic E-state index is 0.0167. The van der Waals surface area contributed by atoms with E-state index in [1.807, 2.05) is 13.8 Å². The van der Waals surface area contributed by atoms with E-state index in [2.05, 4.69) is 40.0 Å². The third-order valence-corrected chi connectivity index (χ3v) is 5.28. The van der Waals surface area contributed by atoms with Gasteiger partial charge < -0.3 is 14.8 Å². The molecule has 27 heavy (non-hydrogen) atoms. The number of benzene rings is 1. The molecule has 2 heterocycles. The molecule has 2 amide bonds. The van der Waals surface area contributed by atoms with Crippen LogP contribution in [-0.2, 0) is 11.3 Å². The summed E-state index contributed by atoms with van der Waals surface area (Å²) in [5.41, 5.74) is 2.60. The maximum Gasteiger partial charge on any atom is 0.253 e. The van der Waals surface area contributed by atoms with Crippen molar-refractivity contribution in [3.05, 3.63) is 53.9 Å². The van der Waals surface area contributed by atoms with Crippen molar-refractivity contribution in [2.24, 2.45) is 0 Å². The van der Waals surface area contributed by atoms with Gasteiger partial charge in [0.25, 0.3) is 5.91 Å². The Hall–Kier alpha value is -2.60. The zero-order valence-corrected chi connectivity index (χ0v) is 16.3. The number of nitrogens with one attached hydrogen (secondary N) is 1. The minimum atomic E-state index is -0.0373. The van der Waals surface area contributed by atoms with Crippen LogP contribution in [0.1, 0.15) is 42.9 Å². The largest absolute Gasteiger partial charge is 0.349 e. The first-order valence-corrected chi connectivity index (χ1v) is 9.61. The van der Waals surface area contributed by atoms with Gasteiger partial charge in [0, 0.05) is 55.4 Å². The van der Waals surface area contributed by atoms with E-state index in [1.54, 1.807) is 29.2 Å². The van der Waals surface area contributed by atoms with Gasteiger partial charge in [-0.2, -0.15) is 0 Å². The quantitative estimate of drug-likeness (QED) is 0.853. The Bertz CT molecular complexity index is 793. The van der Waals surface area contributed by atoms with Crippen molar-refractivity contribution >= 4 is 17.5 Å². The highest BCUT2D eigenvalue weighted by molar-refractivity contribution is 5.96. The molecule has 6 nitrogen and oxygen atoms in total. The van der Waals surface area contributed by atoms with Crippen LogP contribution in [0, 0.1) is 0 Å². The van der Waals surface area contributed by atoms with Gasteiger partial charge in [-0.3, -0.25) is 14.5 Å². The second kappa shape index (κ2) is 8.39. The van der Waals surface area contributed by atoms with Crippen molar-refractivity contribution in [1.29, 1.82) is 0 Å². The Morgan fingerprint density at radius 1 is 1.11 bits per heavy atom. The van der Waals surface area contributed by atoms with Crippen LogP contribution in [-0.4, -0.2) is 52.4 Å². The maximum atomic E-state index is 12.5. The van der Waals surface area contributed by atoms with Crippen molar-refractivity contribution in [1.82, 2.24) is 14.4 Å². The van der Waals surface area contributed by atoms with Crippen molar-refractivity contribution in [3.8, 4) is 0 Å². The van der Waals surface area contributed by atoms with E-state index in [0.29, 0.717) is 30.9 Å². The molecule has 3 rings (SSSR count). The van der Waals surface area contributed by atoms with Gasteiger partial charge >= 0.3 is 0 Å². The molecule has 0 saturated carbocycles. The van der Waals surface area contributed by atoms with Crippen LogP contribution in [0.2, 0.25) is 0 Å². The van der Waals surface area contributed by atoms with E-state index >= 15 is 0 Å². The number of fused-ring (bicyclic) bond motifs is 1. The summed E-state index contributed by atoms with van der Waals surface area (Å²) in [5.74, 6) is -0.0207. The van der Waals surface area contributed by atoms with Crippen LogP contribution in [0.3, 0.4) is 0 Å². The number of carbonyl (C=O) groups excluding carboxylic acids is 2. The molecule has 144 valence electrons. The zero-order valence-electron chi connectivity index (χ0n) is 16.3. The first-order valence-electron chi connectivity index (χ1n) is 9.61. The average molecular weight is 368 g/mol. The number of hydrogen-bond acceptors (Lipinski definition) is 3. The number of amides is 2. The predicted molar refractivity (Wildman–Crippen MR) is 107 cm³/mol. The lowest BCUT2D eigenvalue weighted by Gasteiger charge is -2.34. The second-order valence-electron chi connectivity index (χ2n) is 6.88. The topological polar surface area (TPSA) is 57.6 Å². The maximum absolute atomic E-state index is 12.5. The standard InChI is InChI=1S/C21H28N4O2/c1-4-23(5-2)21(27)17-8-10-18(11-9-17)22-20(26)15-25-14-13-24-12-6-7-19(24)16(25)3/h6-12,16H,4-5,13-15H2,1-3H3,(H,22,26)/t16-/m0/s1. The molecule has 0 aliphatic carbocycles. The van der Waals surface area contributed by atoms with Gasteiger partial charge in [-0.1, -0.05) is 0 Å². The van der Waals surface area contributed by atoms with Gasteiger partial charge in [-0.05, 0) is 57.2 Å². The summed E-state index contributed by atoms with van der Waals surface area (Å²) in [6.07, 6.45) is 2.09. The third-order valence-electron chi connectivity index (χ3n) is 5.28. The van der Waals surface area contributed by atoms with Crippen LogP contribution in [0.25, 0.3) is 0 Å². The second-order valence-corrected chi connectivity index (χ2v) is 6.88. The van der Waals surface area contributed by atoms with Gasteiger partial charge in [-0.15, -0.1) is 0 Å². The highest BCUT2D eigenvalue weighted by Gasteiger charge is 2.25. The minimum Gasteiger partial charge on any atom is -0.349 e. The molecule has 1 atom stereocenters. The first kappa shape index (κ1) is 19.2. The molecule has 6 heteroatoms. The molecule has 0 fully saturated rings. The molecule has 1 aromatic heterocycles. The summed E-state index contributed by atoms with van der Waals surface area (Å²) in [6.45, 7) is 9.55. The smallest absolute Gasteiger partial charge is 0.253 e. The zero-order chi connectivity index (χ0) is 19.4. The number of carbonyl (C=O) groups is 2. The molecule has 2 aromatic rings. The summed E-state index contributed by atoms with van der Waals surface area (Å²) in [7, 11) is 0. The van der Waals surface area contributed by atoms with Gasteiger partial charge in [0.2, 0.25) is 5.91 Å². The van der Waals surface area contributed by atoms with Crippen LogP contribution >= 0.6 is 0 Å². The average Bonchev–Trinajstić information content (AvgIpc) is 3.15. The van der Waals surface area contributed by atoms with Gasteiger partial charge in [0.15, 0.2) is 0 Å². The Morgan fingerprint density at radius 2 is 1.81 bits per heavy atom. The molecular weight excluding hydrogens is 340 g/mol. The summed E-state index contributed by atoms with van der Waals surface area (Å²) in [6, 6.07) is 11.5. The fourth-order valence-electron chi connectivity index (χ4n) is 3.62. The van der Waals surface area contributed by atoms with Crippen molar-refractivity contribution < 1.29 is 9.59 Å². The van der Waals surface area contributed by atoms with Gasteiger partial charge in [0.05, 0.1) is 6.54 Å². The van der Waals surface area contributed by atoms with Crippen LogP contribution < -0.4 is 5.32 Å². The number of hydrogen-bond donors (Lipinski definition) is 1. The van der Waals surface area contributed by atoms with E-state index in [1.165, 1.54) is 5.69 Å². The number of rotatable bonds is 6. The third kappa shape index (κ3) is 4.22. The summed E-state index contributed by atoms with van der Waals surface area (Å²) >= 11 is 0. The number of nitrogens with zero attached hydrogens (tertiary/aromatic N) is 3. The normalized spacial score (nSPS) is 16.6. The molecule has 1 N–H and O–H groups in total. The Labute approximate surface area is 160 Å². The van der Waals surface area contributed by atoms with E-state index in [4.69, 9.17) is 0 Å². The lowest BCUT2D eigenvalue weighted by molar-refractivity contribution is -0.118. The van der Waals surface area contributed by atoms with Crippen LogP contribution in [0.5, 0.6) is 0 Å². The number of aromatic nitrogens is 1. The molecular formula is C21H28N4O2. The fraction of sp³-hybridized carbons (Fsp3) is 0.429. The molecule has 0 saturated heterocycles. The molecule has 0 radical (unpaired) electrons.